The van der Waals surface area contributed by atoms with Gasteiger partial charge in [-0.2, -0.15) is 0 Å². The number of hydrogen-bond donors (Lipinski definition) is 1. The lowest BCUT2D eigenvalue weighted by atomic mass is 9.88. The van der Waals surface area contributed by atoms with Gasteiger partial charge < -0.3 is 4.74 Å². The number of rotatable bonds is 3. The molecule has 1 fully saturated rings. The van der Waals surface area contributed by atoms with Crippen molar-refractivity contribution in [3.63, 3.8) is 0 Å². The average molecular weight is 169 g/mol. The molecule has 0 spiro atoms. The number of terminal acetylenes is 1. The van der Waals surface area contributed by atoms with Crippen molar-refractivity contribution in [2.45, 2.75) is 6.92 Å². The van der Waals surface area contributed by atoms with Crippen LogP contribution in [0.3, 0.4) is 0 Å². The molecule has 0 aromatic heterocycles. The van der Waals surface area contributed by atoms with E-state index in [1.54, 1.807) is 0 Å². The highest BCUT2D eigenvalue weighted by atomic mass is 16.7. The summed E-state index contributed by atoms with van der Waals surface area (Å²) in [7, 11) is 0. The van der Waals surface area contributed by atoms with Crippen molar-refractivity contribution in [2.24, 2.45) is 5.41 Å². The number of hydrogen-bond acceptors (Lipinski definition) is 3. The number of hydroxylamine groups is 1. The van der Waals surface area contributed by atoms with Crippen molar-refractivity contribution in [3.05, 3.63) is 0 Å². The first-order valence-electron chi connectivity index (χ1n) is 3.62. The van der Waals surface area contributed by atoms with Crippen molar-refractivity contribution in [1.82, 2.24) is 5.48 Å². The van der Waals surface area contributed by atoms with Gasteiger partial charge in [-0.25, -0.2) is 5.48 Å². The molecular weight excluding hydrogens is 158 g/mol. The molecule has 0 saturated carbocycles. The van der Waals surface area contributed by atoms with Crippen molar-refractivity contribution in [1.29, 1.82) is 0 Å². The predicted molar refractivity (Wildman–Crippen MR) is 41.9 cm³/mol. The summed E-state index contributed by atoms with van der Waals surface area (Å²) in [5, 5.41) is 0. The normalized spacial score (nSPS) is 19.0. The van der Waals surface area contributed by atoms with E-state index in [4.69, 9.17) is 11.2 Å². The summed E-state index contributed by atoms with van der Waals surface area (Å²) >= 11 is 0. The van der Waals surface area contributed by atoms with Crippen LogP contribution in [0, 0.1) is 17.8 Å². The summed E-state index contributed by atoms with van der Waals surface area (Å²) in [6.07, 6.45) is 4.92. The highest BCUT2D eigenvalue weighted by Gasteiger charge is 2.41. The van der Waals surface area contributed by atoms with Gasteiger partial charge in [0, 0.05) is 0 Å². The first-order valence-corrected chi connectivity index (χ1v) is 3.62. The molecule has 1 rings (SSSR count). The predicted octanol–water partition coefficient (Wildman–Crippen LogP) is -0.296. The molecule has 0 aromatic carbocycles. The molecule has 1 amide bonds. The van der Waals surface area contributed by atoms with Gasteiger partial charge in [0.25, 0.3) is 5.91 Å². The molecule has 0 radical (unpaired) electrons. The number of carbonyl (C=O) groups is 1. The van der Waals surface area contributed by atoms with Crippen LogP contribution >= 0.6 is 0 Å². The first kappa shape index (κ1) is 9.04. The zero-order valence-electron chi connectivity index (χ0n) is 6.92. The SMILES string of the molecule is C#CCONC(=O)C1(C)COC1. The van der Waals surface area contributed by atoms with Crippen molar-refractivity contribution in [3.8, 4) is 12.3 Å². The maximum atomic E-state index is 11.2. The zero-order valence-corrected chi connectivity index (χ0v) is 6.92. The van der Waals surface area contributed by atoms with Gasteiger partial charge in [-0.15, -0.1) is 6.42 Å². The van der Waals surface area contributed by atoms with E-state index in [0.29, 0.717) is 13.2 Å². The minimum Gasteiger partial charge on any atom is -0.379 e. The highest BCUT2D eigenvalue weighted by molar-refractivity contribution is 5.82. The van der Waals surface area contributed by atoms with E-state index < -0.39 is 5.41 Å². The van der Waals surface area contributed by atoms with Crippen LogP contribution in [0.2, 0.25) is 0 Å². The van der Waals surface area contributed by atoms with E-state index in [1.807, 2.05) is 6.92 Å². The van der Waals surface area contributed by atoms with E-state index in [0.717, 1.165) is 0 Å². The molecule has 1 aliphatic heterocycles. The second kappa shape index (κ2) is 3.57. The fourth-order valence-electron chi connectivity index (χ4n) is 0.806. The van der Waals surface area contributed by atoms with E-state index in [-0.39, 0.29) is 12.5 Å². The van der Waals surface area contributed by atoms with E-state index in [2.05, 4.69) is 16.2 Å². The second-order valence-electron chi connectivity index (χ2n) is 2.98. The lowest BCUT2D eigenvalue weighted by Gasteiger charge is -2.35. The summed E-state index contributed by atoms with van der Waals surface area (Å²) in [6, 6.07) is 0. The molecule has 1 heterocycles. The summed E-state index contributed by atoms with van der Waals surface area (Å²) < 4.78 is 4.91. The monoisotopic (exact) mass is 169 g/mol. The maximum absolute atomic E-state index is 11.2. The average Bonchev–Trinajstić information content (AvgIpc) is 2.00. The van der Waals surface area contributed by atoms with Crippen LogP contribution in [-0.2, 0) is 14.4 Å². The summed E-state index contributed by atoms with van der Waals surface area (Å²) in [6.45, 7) is 2.78. The number of amides is 1. The largest absolute Gasteiger partial charge is 0.379 e. The summed E-state index contributed by atoms with van der Waals surface area (Å²) in [4.78, 5) is 15.9. The van der Waals surface area contributed by atoms with Crippen LogP contribution in [0.5, 0.6) is 0 Å². The third-order valence-electron chi connectivity index (χ3n) is 1.71. The van der Waals surface area contributed by atoms with E-state index in [1.165, 1.54) is 0 Å². The fourth-order valence-corrected chi connectivity index (χ4v) is 0.806. The topological polar surface area (TPSA) is 47.6 Å². The van der Waals surface area contributed by atoms with Crippen LogP contribution in [0.4, 0.5) is 0 Å². The molecule has 4 heteroatoms. The Morgan fingerprint density at radius 2 is 2.50 bits per heavy atom. The Hall–Kier alpha value is -1.05. The Bertz CT molecular complexity index is 215. The minimum absolute atomic E-state index is 0.0860. The van der Waals surface area contributed by atoms with Gasteiger partial charge in [0.15, 0.2) is 0 Å². The third-order valence-corrected chi connectivity index (χ3v) is 1.71. The summed E-state index contributed by atoms with van der Waals surface area (Å²) in [5.41, 5.74) is 1.83. The molecule has 0 atom stereocenters. The van der Waals surface area contributed by atoms with Crippen LogP contribution in [0.15, 0.2) is 0 Å². The molecule has 0 bridgehead atoms. The van der Waals surface area contributed by atoms with Crippen molar-refractivity contribution < 1.29 is 14.4 Å². The van der Waals surface area contributed by atoms with Crippen LogP contribution in [0.1, 0.15) is 6.92 Å². The van der Waals surface area contributed by atoms with Gasteiger partial charge in [0.2, 0.25) is 0 Å². The number of ether oxygens (including phenoxy) is 1. The molecule has 1 saturated heterocycles. The van der Waals surface area contributed by atoms with Crippen molar-refractivity contribution >= 4 is 5.91 Å². The Morgan fingerprint density at radius 1 is 1.83 bits per heavy atom. The molecule has 0 unspecified atom stereocenters. The second-order valence-corrected chi connectivity index (χ2v) is 2.98. The molecule has 1 N–H and O–H groups in total. The lowest BCUT2D eigenvalue weighted by molar-refractivity contribution is -0.168. The summed E-state index contributed by atoms with van der Waals surface area (Å²) in [5.74, 6) is 2.07. The Morgan fingerprint density at radius 3 is 2.92 bits per heavy atom. The molecule has 0 aliphatic carbocycles. The van der Waals surface area contributed by atoms with Gasteiger partial charge in [0.05, 0.1) is 18.6 Å². The molecule has 66 valence electrons. The molecule has 12 heavy (non-hydrogen) atoms. The van der Waals surface area contributed by atoms with Gasteiger partial charge in [-0.05, 0) is 6.92 Å². The van der Waals surface area contributed by atoms with Gasteiger partial charge in [-0.3, -0.25) is 9.63 Å². The Balaban J connectivity index is 2.24. The van der Waals surface area contributed by atoms with Crippen LogP contribution in [0.25, 0.3) is 0 Å². The molecule has 0 aromatic rings. The number of nitrogens with one attached hydrogen (secondary N) is 1. The van der Waals surface area contributed by atoms with Gasteiger partial charge >= 0.3 is 0 Å². The van der Waals surface area contributed by atoms with Gasteiger partial charge in [0.1, 0.15) is 6.61 Å². The minimum atomic E-state index is -0.436. The Kier molecular flexibility index (Phi) is 2.69. The van der Waals surface area contributed by atoms with Gasteiger partial charge in [-0.1, -0.05) is 5.92 Å². The molecule has 4 nitrogen and oxygen atoms in total. The zero-order chi connectivity index (χ0) is 9.03. The van der Waals surface area contributed by atoms with Crippen LogP contribution < -0.4 is 5.48 Å². The fraction of sp³-hybridized carbons (Fsp3) is 0.625. The quantitative estimate of drug-likeness (QED) is 0.358. The number of carbonyl (C=O) groups excluding carboxylic acids is 1. The van der Waals surface area contributed by atoms with Crippen molar-refractivity contribution in [2.75, 3.05) is 19.8 Å². The van der Waals surface area contributed by atoms with E-state index in [9.17, 15) is 4.79 Å². The smallest absolute Gasteiger partial charge is 0.254 e. The Labute approximate surface area is 71.2 Å². The lowest BCUT2D eigenvalue weighted by Crippen LogP contribution is -2.51. The molecule has 1 aliphatic rings. The van der Waals surface area contributed by atoms with E-state index >= 15 is 0 Å². The molecular formula is C8H11NO3. The maximum Gasteiger partial charge on any atom is 0.254 e. The third kappa shape index (κ3) is 1.76. The standard InChI is InChI=1S/C8H11NO3/c1-3-4-12-9-7(10)8(2)5-11-6-8/h1H,4-6H2,2H3,(H,9,10). The first-order chi connectivity index (χ1) is 5.69. The van der Waals surface area contributed by atoms with Crippen LogP contribution in [-0.4, -0.2) is 25.7 Å². The highest BCUT2D eigenvalue weighted by Crippen LogP contribution is 2.26.